The second-order valence-electron chi connectivity index (χ2n) is 12.5. The van der Waals surface area contributed by atoms with Gasteiger partial charge in [-0.25, -0.2) is 0 Å². The van der Waals surface area contributed by atoms with Crippen molar-refractivity contribution in [1.82, 2.24) is 4.90 Å². The number of unbranched alkanes of at least 4 members (excludes halogenated alkanes) is 15. The van der Waals surface area contributed by atoms with Gasteiger partial charge in [0.05, 0.1) is 0 Å². The van der Waals surface area contributed by atoms with E-state index in [0.29, 0.717) is 0 Å². The van der Waals surface area contributed by atoms with Crippen LogP contribution in [0, 0.1) is 0 Å². The fourth-order valence-electron chi connectivity index (χ4n) is 4.99. The summed E-state index contributed by atoms with van der Waals surface area (Å²) in [7, 11) is 1.60. The normalized spacial score (nSPS) is 12.7. The second kappa shape index (κ2) is 34.2. The molecule has 0 fully saturated rings. The molecule has 0 aliphatic heterocycles. The van der Waals surface area contributed by atoms with E-state index in [2.05, 4.69) is 76.2 Å². The van der Waals surface area contributed by atoms with Crippen LogP contribution in [0.25, 0.3) is 0 Å². The van der Waals surface area contributed by atoms with E-state index in [9.17, 15) is 0 Å². The molecule has 254 valence electrons. The fourth-order valence-corrected chi connectivity index (χ4v) is 7.73. The van der Waals surface area contributed by atoms with Gasteiger partial charge in [0.15, 0.2) is 0 Å². The van der Waals surface area contributed by atoms with E-state index < -0.39 is 8.80 Å². The number of rotatable bonds is 34. The Kier molecular flexibility index (Phi) is 33.6. The summed E-state index contributed by atoms with van der Waals surface area (Å²) in [6.07, 6.45) is 40.7. The zero-order valence-corrected chi connectivity index (χ0v) is 30.7. The Hall–Kier alpha value is -0.723. The van der Waals surface area contributed by atoms with Gasteiger partial charge in [-0.2, -0.15) is 0 Å². The highest BCUT2D eigenvalue weighted by Gasteiger charge is 2.40. The summed E-state index contributed by atoms with van der Waals surface area (Å²) >= 11 is 0. The molecule has 0 unspecified atom stereocenters. The lowest BCUT2D eigenvalue weighted by Gasteiger charge is -2.30. The van der Waals surface area contributed by atoms with Gasteiger partial charge in [0.2, 0.25) is 0 Å². The number of allylic oxidation sites excluding steroid dienone is 6. The smallest absolute Gasteiger partial charge is 0.373 e. The molecule has 43 heavy (non-hydrogen) atoms. The molecule has 0 heterocycles. The fraction of sp³-hybridized carbons (Fsp3) is 0.842. The van der Waals surface area contributed by atoms with Crippen LogP contribution < -0.4 is 0 Å². The number of hydrogen-bond donors (Lipinski definition) is 0. The highest BCUT2D eigenvalue weighted by molar-refractivity contribution is 6.60. The molecule has 0 radical (unpaired) electrons. The lowest BCUT2D eigenvalue weighted by atomic mass is 10.2. The molecule has 0 saturated heterocycles. The van der Waals surface area contributed by atoms with Gasteiger partial charge in [-0.15, -0.1) is 0 Å². The Bertz CT molecular complexity index is 565. The summed E-state index contributed by atoms with van der Waals surface area (Å²) in [6, 6.07) is 0.946. The van der Waals surface area contributed by atoms with Crippen molar-refractivity contribution in [3.63, 3.8) is 0 Å². The highest BCUT2D eigenvalue weighted by atomic mass is 28.4. The van der Waals surface area contributed by atoms with Crippen LogP contribution >= 0.6 is 0 Å². The van der Waals surface area contributed by atoms with Crippen molar-refractivity contribution < 1.29 is 13.3 Å². The van der Waals surface area contributed by atoms with Crippen molar-refractivity contribution in [1.29, 1.82) is 0 Å². The first kappa shape index (κ1) is 42.3. The van der Waals surface area contributed by atoms with E-state index in [-0.39, 0.29) is 0 Å². The molecule has 0 amide bonds. The van der Waals surface area contributed by atoms with E-state index in [1.807, 2.05) is 0 Å². The average molecular weight is 622 g/mol. The summed E-state index contributed by atoms with van der Waals surface area (Å²) in [4.78, 5) is 2.28. The van der Waals surface area contributed by atoms with Gasteiger partial charge in [-0.05, 0) is 111 Å². The third-order valence-electron chi connectivity index (χ3n) is 7.77. The lowest BCUT2D eigenvalue weighted by molar-refractivity contribution is 0.0565. The largest absolute Gasteiger partial charge is 0.500 e. The molecule has 0 aromatic heterocycles. The van der Waals surface area contributed by atoms with Crippen LogP contribution in [0.3, 0.4) is 0 Å². The van der Waals surface area contributed by atoms with Gasteiger partial charge in [0, 0.05) is 25.9 Å². The van der Waals surface area contributed by atoms with Crippen molar-refractivity contribution >= 4 is 8.80 Å². The van der Waals surface area contributed by atoms with Crippen molar-refractivity contribution in [2.24, 2.45) is 0 Å². The summed E-state index contributed by atoms with van der Waals surface area (Å²) in [6.45, 7) is 10.2. The molecule has 0 N–H and O–H groups in total. The second-order valence-corrected chi connectivity index (χ2v) is 15.3. The Balaban J connectivity index is 5.02. The van der Waals surface area contributed by atoms with Crippen molar-refractivity contribution in [2.75, 3.05) is 40.5 Å². The summed E-state index contributed by atoms with van der Waals surface area (Å²) in [5.74, 6) is 0. The van der Waals surface area contributed by atoms with Gasteiger partial charge in [-0.3, -0.25) is 0 Å². The van der Waals surface area contributed by atoms with Gasteiger partial charge in [0.25, 0.3) is 0 Å². The molecule has 0 atom stereocenters. The minimum atomic E-state index is -2.72. The SMILES string of the molecule is CCCCC/C=C\CCCO[Si](CCCCCCN(C)C)(OCCC/C=C\CCCCC)OCCC/C=C\CCCCC. The van der Waals surface area contributed by atoms with Crippen molar-refractivity contribution in [3.8, 4) is 0 Å². The first-order chi connectivity index (χ1) is 21.1. The number of hydrogen-bond acceptors (Lipinski definition) is 4. The van der Waals surface area contributed by atoms with Crippen molar-refractivity contribution in [3.05, 3.63) is 36.5 Å². The average Bonchev–Trinajstić information content (AvgIpc) is 3.00. The topological polar surface area (TPSA) is 30.9 Å². The molecule has 5 heteroatoms. The van der Waals surface area contributed by atoms with Crippen LogP contribution in [0.2, 0.25) is 6.04 Å². The zero-order chi connectivity index (χ0) is 31.5. The molecule has 0 rings (SSSR count). The van der Waals surface area contributed by atoms with Crippen LogP contribution in [-0.4, -0.2) is 54.2 Å². The zero-order valence-electron chi connectivity index (χ0n) is 29.7. The maximum absolute atomic E-state index is 6.68. The Morgan fingerprint density at radius 1 is 0.419 bits per heavy atom. The van der Waals surface area contributed by atoms with E-state index in [4.69, 9.17) is 13.3 Å². The molecule has 0 aromatic rings. The number of nitrogens with zero attached hydrogens (tertiary/aromatic N) is 1. The molecule has 0 spiro atoms. The minimum Gasteiger partial charge on any atom is -0.373 e. The molecule has 0 bridgehead atoms. The summed E-state index contributed by atoms with van der Waals surface area (Å²) in [5, 5.41) is 0. The predicted octanol–water partition coefficient (Wildman–Crippen LogP) is 11.8. The predicted molar refractivity (Wildman–Crippen MR) is 193 cm³/mol. The molecular weight excluding hydrogens is 547 g/mol. The summed E-state index contributed by atoms with van der Waals surface area (Å²) in [5.41, 5.74) is 0. The van der Waals surface area contributed by atoms with E-state index in [1.54, 1.807) is 0 Å². The van der Waals surface area contributed by atoms with E-state index in [1.165, 1.54) is 96.3 Å². The molecule has 0 aromatic carbocycles. The minimum absolute atomic E-state index is 0.737. The molecule has 4 nitrogen and oxygen atoms in total. The van der Waals surface area contributed by atoms with Gasteiger partial charge in [0.1, 0.15) is 0 Å². The molecule has 0 aliphatic carbocycles. The van der Waals surface area contributed by atoms with Crippen molar-refractivity contribution in [2.45, 2.75) is 168 Å². The van der Waals surface area contributed by atoms with Gasteiger partial charge >= 0.3 is 8.80 Å². The Morgan fingerprint density at radius 3 is 1.12 bits per heavy atom. The summed E-state index contributed by atoms with van der Waals surface area (Å²) < 4.78 is 20.0. The van der Waals surface area contributed by atoms with Crippen LogP contribution in [0.1, 0.15) is 162 Å². The lowest BCUT2D eigenvalue weighted by Crippen LogP contribution is -2.46. The molecule has 0 saturated carbocycles. The standard InChI is InChI=1S/C38H75NO3Si/c1-6-9-12-15-18-21-25-30-35-40-43(38-33-28-24-29-34-39(4)5,41-36-31-26-22-19-16-13-10-7-2)42-37-32-27-23-20-17-14-11-8-3/h18-23H,6-17,24-38H2,1-5H3/b21-18-,22-19-,23-20-. The van der Waals surface area contributed by atoms with E-state index >= 15 is 0 Å². The van der Waals surface area contributed by atoms with Crippen LogP contribution in [0.5, 0.6) is 0 Å². The third-order valence-corrected chi connectivity index (χ3v) is 10.7. The maximum atomic E-state index is 6.68. The highest BCUT2D eigenvalue weighted by Crippen LogP contribution is 2.22. The third kappa shape index (κ3) is 31.1. The van der Waals surface area contributed by atoms with Crippen LogP contribution in [-0.2, 0) is 13.3 Å². The van der Waals surface area contributed by atoms with E-state index in [0.717, 1.165) is 77.4 Å². The first-order valence-corrected chi connectivity index (χ1v) is 20.5. The van der Waals surface area contributed by atoms with Crippen LogP contribution in [0.4, 0.5) is 0 Å². The molecular formula is C38H75NO3Si. The van der Waals surface area contributed by atoms with Crippen LogP contribution in [0.15, 0.2) is 36.5 Å². The molecule has 0 aliphatic rings. The Morgan fingerprint density at radius 2 is 0.767 bits per heavy atom. The van der Waals surface area contributed by atoms with Gasteiger partial charge in [-0.1, -0.05) is 109 Å². The quantitative estimate of drug-likeness (QED) is 0.0406. The van der Waals surface area contributed by atoms with Gasteiger partial charge < -0.3 is 18.2 Å². The maximum Gasteiger partial charge on any atom is 0.500 e. The monoisotopic (exact) mass is 622 g/mol. The first-order valence-electron chi connectivity index (χ1n) is 18.6. The Labute approximate surface area is 271 Å².